The van der Waals surface area contributed by atoms with Gasteiger partial charge < -0.3 is 10.5 Å². The lowest BCUT2D eigenvalue weighted by Gasteiger charge is -2.11. The number of hydrogen-bond donors (Lipinski definition) is 1. The van der Waals surface area contributed by atoms with Gasteiger partial charge in [-0.1, -0.05) is 30.3 Å². The van der Waals surface area contributed by atoms with Gasteiger partial charge in [-0.25, -0.2) is 0 Å². The van der Waals surface area contributed by atoms with Crippen molar-refractivity contribution in [1.29, 1.82) is 0 Å². The highest BCUT2D eigenvalue weighted by atomic mass is 16.5. The van der Waals surface area contributed by atoms with E-state index in [1.807, 2.05) is 30.3 Å². The van der Waals surface area contributed by atoms with Gasteiger partial charge in [-0.2, -0.15) is 0 Å². The molecule has 0 spiro atoms. The van der Waals surface area contributed by atoms with E-state index in [0.29, 0.717) is 0 Å². The molecule has 4 heteroatoms. The Morgan fingerprint density at radius 1 is 1.31 bits per heavy atom. The molecule has 1 atom stereocenters. The molecule has 0 aliphatic heterocycles. The molecule has 0 aliphatic rings. The predicted molar refractivity (Wildman–Crippen MR) is 59.5 cm³/mol. The number of rotatable bonds is 5. The summed E-state index contributed by atoms with van der Waals surface area (Å²) in [6, 6.07) is 9.24. The first-order chi connectivity index (χ1) is 7.65. The first-order valence-electron chi connectivity index (χ1n) is 5.15. The van der Waals surface area contributed by atoms with Crippen LogP contribution >= 0.6 is 0 Å². The Hall–Kier alpha value is -1.84. The van der Waals surface area contributed by atoms with Crippen molar-refractivity contribution in [1.82, 2.24) is 0 Å². The van der Waals surface area contributed by atoms with Crippen LogP contribution in [0.15, 0.2) is 30.3 Å². The Bertz CT molecular complexity index is 362. The van der Waals surface area contributed by atoms with Gasteiger partial charge in [0.1, 0.15) is 5.92 Å². The van der Waals surface area contributed by atoms with E-state index in [1.54, 1.807) is 6.92 Å². The summed E-state index contributed by atoms with van der Waals surface area (Å²) in [6.45, 7) is 1.94. The molecule has 0 bridgehead atoms. The standard InChI is InChI=1S/C12H15NO3/c1-2-16-12(15)10(11(13)14)8-9-6-4-3-5-7-9/h3-7,10H,2,8H2,1H3,(H2,13,14)/t10-/m0/s1. The molecule has 2 N–H and O–H groups in total. The van der Waals surface area contributed by atoms with Crippen LogP contribution in [0.1, 0.15) is 12.5 Å². The molecular formula is C12H15NO3. The van der Waals surface area contributed by atoms with Gasteiger partial charge in [0, 0.05) is 0 Å². The predicted octanol–water partition coefficient (Wildman–Crippen LogP) is 0.894. The second-order valence-corrected chi connectivity index (χ2v) is 3.40. The fourth-order valence-corrected chi connectivity index (χ4v) is 1.39. The molecule has 0 heterocycles. The Balaban J connectivity index is 2.73. The third-order valence-corrected chi connectivity index (χ3v) is 2.20. The quantitative estimate of drug-likeness (QED) is 0.593. The van der Waals surface area contributed by atoms with Crippen molar-refractivity contribution in [2.45, 2.75) is 13.3 Å². The topological polar surface area (TPSA) is 69.4 Å². The lowest BCUT2D eigenvalue weighted by atomic mass is 9.99. The van der Waals surface area contributed by atoms with Crippen LogP contribution < -0.4 is 5.73 Å². The van der Waals surface area contributed by atoms with Gasteiger partial charge in [-0.3, -0.25) is 9.59 Å². The highest BCUT2D eigenvalue weighted by Crippen LogP contribution is 2.10. The first-order valence-corrected chi connectivity index (χ1v) is 5.15. The normalized spacial score (nSPS) is 11.8. The van der Waals surface area contributed by atoms with Crippen LogP contribution in [0.4, 0.5) is 0 Å². The number of amides is 1. The molecule has 1 rings (SSSR count). The summed E-state index contributed by atoms with van der Waals surface area (Å²) in [7, 11) is 0. The van der Waals surface area contributed by atoms with Crippen LogP contribution in [0.3, 0.4) is 0 Å². The Labute approximate surface area is 94.4 Å². The summed E-state index contributed by atoms with van der Waals surface area (Å²) in [4.78, 5) is 22.6. The number of carbonyl (C=O) groups excluding carboxylic acids is 2. The van der Waals surface area contributed by atoms with Crippen LogP contribution in [-0.2, 0) is 20.7 Å². The molecule has 1 amide bonds. The lowest BCUT2D eigenvalue weighted by molar-refractivity contribution is -0.151. The maximum Gasteiger partial charge on any atom is 0.318 e. The largest absolute Gasteiger partial charge is 0.465 e. The van der Waals surface area contributed by atoms with Crippen molar-refractivity contribution in [3.05, 3.63) is 35.9 Å². The van der Waals surface area contributed by atoms with E-state index < -0.39 is 17.8 Å². The molecule has 0 aromatic heterocycles. The van der Waals surface area contributed by atoms with Crippen molar-refractivity contribution in [2.24, 2.45) is 11.7 Å². The van der Waals surface area contributed by atoms with Crippen molar-refractivity contribution in [3.63, 3.8) is 0 Å². The van der Waals surface area contributed by atoms with E-state index in [-0.39, 0.29) is 13.0 Å². The SMILES string of the molecule is CCOC(=O)[C@@H](Cc1ccccc1)C(N)=O. The average molecular weight is 221 g/mol. The molecule has 0 saturated carbocycles. The fraction of sp³-hybridized carbons (Fsp3) is 0.333. The van der Waals surface area contributed by atoms with Crippen molar-refractivity contribution >= 4 is 11.9 Å². The van der Waals surface area contributed by atoms with Gasteiger partial charge in [0.2, 0.25) is 5.91 Å². The molecule has 0 radical (unpaired) electrons. The maximum atomic E-state index is 11.5. The van der Waals surface area contributed by atoms with Gasteiger partial charge in [0.15, 0.2) is 0 Å². The number of nitrogens with two attached hydrogens (primary N) is 1. The second kappa shape index (κ2) is 5.90. The number of benzene rings is 1. The number of esters is 1. The minimum Gasteiger partial charge on any atom is -0.465 e. The number of ether oxygens (including phenoxy) is 1. The van der Waals surface area contributed by atoms with E-state index in [9.17, 15) is 9.59 Å². The Morgan fingerprint density at radius 3 is 2.44 bits per heavy atom. The zero-order valence-electron chi connectivity index (χ0n) is 9.18. The molecule has 0 saturated heterocycles. The summed E-state index contributed by atoms with van der Waals surface area (Å²) in [5, 5.41) is 0. The van der Waals surface area contributed by atoms with Gasteiger partial charge >= 0.3 is 5.97 Å². The van der Waals surface area contributed by atoms with E-state index in [4.69, 9.17) is 10.5 Å². The Kier molecular flexibility index (Phi) is 4.51. The number of hydrogen-bond acceptors (Lipinski definition) is 3. The number of carbonyl (C=O) groups is 2. The maximum absolute atomic E-state index is 11.5. The third kappa shape index (κ3) is 3.38. The van der Waals surface area contributed by atoms with E-state index >= 15 is 0 Å². The minimum atomic E-state index is -0.901. The summed E-state index contributed by atoms with van der Waals surface area (Å²) in [5.41, 5.74) is 6.06. The Morgan fingerprint density at radius 2 is 1.94 bits per heavy atom. The highest BCUT2D eigenvalue weighted by Gasteiger charge is 2.25. The second-order valence-electron chi connectivity index (χ2n) is 3.40. The summed E-state index contributed by atoms with van der Waals surface area (Å²) >= 11 is 0. The zero-order chi connectivity index (χ0) is 12.0. The summed E-state index contributed by atoms with van der Waals surface area (Å²) in [6.07, 6.45) is 0.287. The van der Waals surface area contributed by atoms with Crippen LogP contribution in [0, 0.1) is 5.92 Å². The molecular weight excluding hydrogens is 206 g/mol. The van der Waals surface area contributed by atoms with Gasteiger partial charge in [-0.15, -0.1) is 0 Å². The molecule has 16 heavy (non-hydrogen) atoms. The fourth-order valence-electron chi connectivity index (χ4n) is 1.39. The van der Waals surface area contributed by atoms with E-state index in [0.717, 1.165) is 5.56 Å². The molecule has 1 aromatic carbocycles. The molecule has 0 unspecified atom stereocenters. The molecule has 4 nitrogen and oxygen atoms in total. The zero-order valence-corrected chi connectivity index (χ0v) is 9.18. The van der Waals surface area contributed by atoms with Crippen molar-refractivity contribution in [3.8, 4) is 0 Å². The first kappa shape index (κ1) is 12.2. The molecule has 1 aromatic rings. The van der Waals surface area contributed by atoms with Crippen LogP contribution in [-0.4, -0.2) is 18.5 Å². The monoisotopic (exact) mass is 221 g/mol. The van der Waals surface area contributed by atoms with E-state index in [1.165, 1.54) is 0 Å². The minimum absolute atomic E-state index is 0.247. The summed E-state index contributed by atoms with van der Waals surface area (Å²) < 4.78 is 4.80. The van der Waals surface area contributed by atoms with Crippen LogP contribution in [0.2, 0.25) is 0 Å². The van der Waals surface area contributed by atoms with Crippen LogP contribution in [0.5, 0.6) is 0 Å². The smallest absolute Gasteiger partial charge is 0.318 e. The van der Waals surface area contributed by atoms with Crippen molar-refractivity contribution < 1.29 is 14.3 Å². The molecule has 0 aliphatic carbocycles. The third-order valence-electron chi connectivity index (χ3n) is 2.20. The van der Waals surface area contributed by atoms with Gasteiger partial charge in [0.05, 0.1) is 6.61 Å². The number of primary amides is 1. The van der Waals surface area contributed by atoms with E-state index in [2.05, 4.69) is 0 Å². The lowest BCUT2D eigenvalue weighted by Crippen LogP contribution is -2.33. The van der Waals surface area contributed by atoms with Crippen LogP contribution in [0.25, 0.3) is 0 Å². The molecule has 86 valence electrons. The van der Waals surface area contributed by atoms with Crippen molar-refractivity contribution in [2.75, 3.05) is 6.61 Å². The van der Waals surface area contributed by atoms with Gasteiger partial charge in [0.25, 0.3) is 0 Å². The summed E-state index contributed by atoms with van der Waals surface area (Å²) in [5.74, 6) is -2.11. The van der Waals surface area contributed by atoms with Gasteiger partial charge in [-0.05, 0) is 18.9 Å². The molecule has 0 fully saturated rings. The highest BCUT2D eigenvalue weighted by molar-refractivity contribution is 5.97. The average Bonchev–Trinajstić information content (AvgIpc) is 2.27.